The molecule has 120 valence electrons. The number of rotatable bonds is 4. The molecule has 4 heteroatoms. The minimum absolute atomic E-state index is 0.0433. The molecule has 0 atom stereocenters. The summed E-state index contributed by atoms with van der Waals surface area (Å²) in [5.74, 6) is 0.747. The van der Waals surface area contributed by atoms with Crippen molar-refractivity contribution in [2.75, 3.05) is 0 Å². The van der Waals surface area contributed by atoms with Crippen LogP contribution < -0.4 is 10.1 Å². The summed E-state index contributed by atoms with van der Waals surface area (Å²) in [5.41, 5.74) is 0.654. The molecule has 2 N–H and O–H groups in total. The molecule has 0 spiro atoms. The first-order chi connectivity index (χ1) is 10.7. The van der Waals surface area contributed by atoms with Gasteiger partial charge in [-0.25, -0.2) is 0 Å². The monoisotopic (exact) mass is 303 g/mol. The van der Waals surface area contributed by atoms with Crippen LogP contribution in [0.4, 0.5) is 0 Å². The molecule has 1 aromatic carbocycles. The summed E-state index contributed by atoms with van der Waals surface area (Å²) in [5, 5.41) is 12.6. The molecule has 0 unspecified atom stereocenters. The smallest absolute Gasteiger partial charge is 0.251 e. The van der Waals surface area contributed by atoms with Crippen LogP contribution >= 0.6 is 0 Å². The van der Waals surface area contributed by atoms with Gasteiger partial charge < -0.3 is 15.2 Å². The minimum atomic E-state index is -0.198. The molecule has 1 amide bonds. The lowest BCUT2D eigenvalue weighted by Gasteiger charge is -2.26. The standard InChI is InChI=1S/C18H25NO3/c20-15-10-8-14(9-11-15)19-18(21)13-4-3-7-17(12-13)22-16-5-1-2-6-16/h3-4,7,12,14-16,20H,1-2,5-6,8-11H2,(H,19,21). The van der Waals surface area contributed by atoms with Crippen molar-refractivity contribution in [1.82, 2.24) is 5.32 Å². The predicted octanol–water partition coefficient (Wildman–Crippen LogP) is 3.04. The number of carbonyl (C=O) groups is 1. The lowest BCUT2D eigenvalue weighted by Crippen LogP contribution is -2.38. The molecule has 0 saturated heterocycles. The number of aliphatic hydroxyl groups excluding tert-OH is 1. The van der Waals surface area contributed by atoms with Crippen LogP contribution in [0.5, 0.6) is 5.75 Å². The molecular weight excluding hydrogens is 278 g/mol. The van der Waals surface area contributed by atoms with Gasteiger partial charge in [-0.1, -0.05) is 6.07 Å². The van der Waals surface area contributed by atoms with Crippen LogP contribution in [-0.4, -0.2) is 29.3 Å². The van der Waals surface area contributed by atoms with Crippen LogP contribution in [0.25, 0.3) is 0 Å². The highest BCUT2D eigenvalue weighted by Gasteiger charge is 2.22. The van der Waals surface area contributed by atoms with Gasteiger partial charge in [-0.15, -0.1) is 0 Å². The zero-order valence-corrected chi connectivity index (χ0v) is 13.0. The van der Waals surface area contributed by atoms with Gasteiger partial charge in [-0.3, -0.25) is 4.79 Å². The molecule has 0 bridgehead atoms. The summed E-state index contributed by atoms with van der Waals surface area (Å²) in [4.78, 5) is 12.4. The Labute approximate surface area is 131 Å². The molecule has 1 aromatic rings. The van der Waals surface area contributed by atoms with Crippen LogP contribution in [0.2, 0.25) is 0 Å². The fourth-order valence-corrected chi connectivity index (χ4v) is 3.40. The Kier molecular flexibility index (Phi) is 4.98. The number of hydrogen-bond donors (Lipinski definition) is 2. The molecule has 2 aliphatic rings. The second kappa shape index (κ2) is 7.14. The average Bonchev–Trinajstić information content (AvgIpc) is 3.03. The van der Waals surface area contributed by atoms with Gasteiger partial charge in [-0.05, 0) is 69.6 Å². The van der Waals surface area contributed by atoms with Gasteiger partial charge in [-0.2, -0.15) is 0 Å². The maximum absolute atomic E-state index is 12.4. The third kappa shape index (κ3) is 4.01. The molecule has 0 aromatic heterocycles. The second-order valence-corrected chi connectivity index (χ2v) is 6.53. The second-order valence-electron chi connectivity index (χ2n) is 6.53. The lowest BCUT2D eigenvalue weighted by atomic mass is 9.93. The van der Waals surface area contributed by atoms with Crippen molar-refractivity contribution >= 4 is 5.91 Å². The van der Waals surface area contributed by atoms with Crippen molar-refractivity contribution in [3.8, 4) is 5.75 Å². The fourth-order valence-electron chi connectivity index (χ4n) is 3.40. The molecule has 2 fully saturated rings. The summed E-state index contributed by atoms with van der Waals surface area (Å²) >= 11 is 0. The van der Waals surface area contributed by atoms with Crippen LogP contribution in [-0.2, 0) is 0 Å². The van der Waals surface area contributed by atoms with Crippen molar-refractivity contribution in [3.63, 3.8) is 0 Å². The van der Waals surface area contributed by atoms with Crippen molar-refractivity contribution in [2.24, 2.45) is 0 Å². The van der Waals surface area contributed by atoms with Crippen LogP contribution in [0.15, 0.2) is 24.3 Å². The van der Waals surface area contributed by atoms with E-state index in [-0.39, 0.29) is 18.1 Å². The fraction of sp³-hybridized carbons (Fsp3) is 0.611. The van der Waals surface area contributed by atoms with E-state index in [0.29, 0.717) is 11.7 Å². The number of benzene rings is 1. The Morgan fingerprint density at radius 3 is 2.55 bits per heavy atom. The van der Waals surface area contributed by atoms with Crippen LogP contribution in [0, 0.1) is 0 Å². The topological polar surface area (TPSA) is 58.6 Å². The molecular formula is C18H25NO3. The Morgan fingerprint density at radius 1 is 1.09 bits per heavy atom. The van der Waals surface area contributed by atoms with Crippen molar-refractivity contribution in [1.29, 1.82) is 0 Å². The van der Waals surface area contributed by atoms with E-state index >= 15 is 0 Å². The Morgan fingerprint density at radius 2 is 1.82 bits per heavy atom. The first-order valence-electron chi connectivity index (χ1n) is 8.46. The normalized spacial score (nSPS) is 25.9. The number of hydrogen-bond acceptors (Lipinski definition) is 3. The zero-order chi connectivity index (χ0) is 15.4. The van der Waals surface area contributed by atoms with Gasteiger partial charge in [0.15, 0.2) is 0 Å². The van der Waals surface area contributed by atoms with E-state index in [1.165, 1.54) is 12.8 Å². The number of ether oxygens (including phenoxy) is 1. The Hall–Kier alpha value is -1.55. The summed E-state index contributed by atoms with van der Waals surface area (Å²) in [7, 11) is 0. The molecule has 0 heterocycles. The van der Waals surface area contributed by atoms with Crippen LogP contribution in [0.3, 0.4) is 0 Å². The van der Waals surface area contributed by atoms with Crippen molar-refractivity contribution in [3.05, 3.63) is 29.8 Å². The molecule has 2 saturated carbocycles. The minimum Gasteiger partial charge on any atom is -0.490 e. The molecule has 0 aliphatic heterocycles. The number of aliphatic hydroxyl groups is 1. The van der Waals surface area contributed by atoms with E-state index in [1.54, 1.807) is 0 Å². The molecule has 22 heavy (non-hydrogen) atoms. The van der Waals surface area contributed by atoms with E-state index in [1.807, 2.05) is 24.3 Å². The van der Waals surface area contributed by atoms with Gasteiger partial charge in [0.1, 0.15) is 5.75 Å². The van der Waals surface area contributed by atoms with Gasteiger partial charge in [0, 0.05) is 11.6 Å². The van der Waals surface area contributed by atoms with E-state index < -0.39 is 0 Å². The largest absolute Gasteiger partial charge is 0.490 e. The highest BCUT2D eigenvalue weighted by molar-refractivity contribution is 5.94. The van der Waals surface area contributed by atoms with E-state index in [0.717, 1.165) is 44.3 Å². The average molecular weight is 303 g/mol. The van der Waals surface area contributed by atoms with Gasteiger partial charge in [0.25, 0.3) is 5.91 Å². The SMILES string of the molecule is O=C(NC1CCC(O)CC1)c1cccc(OC2CCCC2)c1. The maximum atomic E-state index is 12.4. The number of amides is 1. The molecule has 4 nitrogen and oxygen atoms in total. The number of nitrogens with one attached hydrogen (secondary N) is 1. The van der Waals surface area contributed by atoms with E-state index in [9.17, 15) is 9.90 Å². The van der Waals surface area contributed by atoms with Gasteiger partial charge in [0.05, 0.1) is 12.2 Å². The van der Waals surface area contributed by atoms with Crippen LogP contribution in [0.1, 0.15) is 61.7 Å². The molecule has 2 aliphatic carbocycles. The number of carbonyl (C=O) groups excluding carboxylic acids is 1. The van der Waals surface area contributed by atoms with Crippen molar-refractivity contribution < 1.29 is 14.6 Å². The third-order valence-electron chi connectivity index (χ3n) is 4.73. The van der Waals surface area contributed by atoms with E-state index in [2.05, 4.69) is 5.32 Å². The highest BCUT2D eigenvalue weighted by atomic mass is 16.5. The summed E-state index contributed by atoms with van der Waals surface area (Å²) in [6.07, 6.45) is 8.05. The van der Waals surface area contributed by atoms with Crippen molar-refractivity contribution in [2.45, 2.75) is 69.6 Å². The van der Waals surface area contributed by atoms with Gasteiger partial charge >= 0.3 is 0 Å². The highest BCUT2D eigenvalue weighted by Crippen LogP contribution is 2.25. The molecule has 3 rings (SSSR count). The maximum Gasteiger partial charge on any atom is 0.251 e. The summed E-state index contributed by atoms with van der Waals surface area (Å²) < 4.78 is 5.96. The van der Waals surface area contributed by atoms with E-state index in [4.69, 9.17) is 4.74 Å². The first-order valence-corrected chi connectivity index (χ1v) is 8.46. The quantitative estimate of drug-likeness (QED) is 0.899. The summed E-state index contributed by atoms with van der Waals surface area (Å²) in [6.45, 7) is 0. The summed E-state index contributed by atoms with van der Waals surface area (Å²) in [6, 6.07) is 7.64. The first kappa shape index (κ1) is 15.3. The Bertz CT molecular complexity index is 503. The molecule has 0 radical (unpaired) electrons. The zero-order valence-electron chi connectivity index (χ0n) is 13.0. The lowest BCUT2D eigenvalue weighted by molar-refractivity contribution is 0.0867. The predicted molar refractivity (Wildman–Crippen MR) is 85.1 cm³/mol. The van der Waals surface area contributed by atoms with Gasteiger partial charge in [0.2, 0.25) is 0 Å². The Balaban J connectivity index is 1.57. The third-order valence-corrected chi connectivity index (χ3v) is 4.73.